The first kappa shape index (κ1) is 20.5. The lowest BCUT2D eigenvalue weighted by Crippen LogP contribution is -2.55. The van der Waals surface area contributed by atoms with Crippen LogP contribution in [0.2, 0.25) is 0 Å². The van der Waals surface area contributed by atoms with Crippen molar-refractivity contribution in [3.63, 3.8) is 0 Å². The van der Waals surface area contributed by atoms with Crippen molar-refractivity contribution in [3.05, 3.63) is 44.8 Å². The van der Waals surface area contributed by atoms with Gasteiger partial charge in [-0.25, -0.2) is 4.79 Å². The van der Waals surface area contributed by atoms with Crippen molar-refractivity contribution in [1.29, 1.82) is 0 Å². The Kier molecular flexibility index (Phi) is 6.70. The molecule has 0 amide bonds. The van der Waals surface area contributed by atoms with Gasteiger partial charge in [0, 0.05) is 25.9 Å². The molecule has 7 heteroatoms. The van der Waals surface area contributed by atoms with Crippen LogP contribution in [-0.2, 0) is 15.1 Å². The summed E-state index contributed by atoms with van der Waals surface area (Å²) in [5, 5.41) is 18.4. The van der Waals surface area contributed by atoms with Crippen molar-refractivity contribution in [1.82, 2.24) is 10.2 Å². The molecule has 1 fully saturated rings. The van der Waals surface area contributed by atoms with Crippen LogP contribution in [0.25, 0.3) is 0 Å². The van der Waals surface area contributed by atoms with Crippen molar-refractivity contribution >= 4 is 28.6 Å². The smallest absolute Gasteiger partial charge is 0.351 e. The number of hydrogen-bond donors (Lipinski definition) is 2. The van der Waals surface area contributed by atoms with Crippen LogP contribution in [0.1, 0.15) is 41.9 Å². The number of carbonyl (C=O) groups is 1. The molecular weight excluding hydrogens is 380 g/mol. The average Bonchev–Trinajstić information content (AvgIpc) is 3.40. The Bertz CT molecular complexity index is 675. The predicted octanol–water partition coefficient (Wildman–Crippen LogP) is 3.40. The Labute approximate surface area is 169 Å². The van der Waals surface area contributed by atoms with Crippen molar-refractivity contribution in [2.24, 2.45) is 0 Å². The lowest BCUT2D eigenvalue weighted by Gasteiger charge is -2.45. The van der Waals surface area contributed by atoms with E-state index in [4.69, 9.17) is 4.74 Å². The zero-order valence-electron chi connectivity index (χ0n) is 15.9. The molecule has 0 aromatic carbocycles. The fourth-order valence-corrected chi connectivity index (χ4v) is 5.40. The lowest BCUT2D eigenvalue weighted by molar-refractivity contribution is -0.206. The van der Waals surface area contributed by atoms with Crippen LogP contribution in [0.5, 0.6) is 0 Å². The van der Waals surface area contributed by atoms with Gasteiger partial charge in [-0.3, -0.25) is 4.90 Å². The molecule has 0 saturated heterocycles. The summed E-state index contributed by atoms with van der Waals surface area (Å²) in [6.45, 7) is 1.59. The summed E-state index contributed by atoms with van der Waals surface area (Å²) in [5.74, 6) is -0.578. The minimum absolute atomic E-state index is 0.578. The first-order valence-electron chi connectivity index (χ1n) is 9.42. The summed E-state index contributed by atoms with van der Waals surface area (Å²) in [7, 11) is 3.92. The zero-order valence-corrected chi connectivity index (χ0v) is 17.6. The van der Waals surface area contributed by atoms with E-state index in [-0.39, 0.29) is 0 Å². The van der Waals surface area contributed by atoms with Gasteiger partial charge >= 0.3 is 5.97 Å². The molecule has 2 aromatic heterocycles. The van der Waals surface area contributed by atoms with Crippen molar-refractivity contribution in [2.45, 2.75) is 43.4 Å². The quantitative estimate of drug-likeness (QED) is 0.518. The number of hydrogen-bond acceptors (Lipinski definition) is 7. The van der Waals surface area contributed by atoms with Gasteiger partial charge in [0.05, 0.1) is 9.75 Å². The van der Waals surface area contributed by atoms with E-state index in [1.165, 1.54) is 22.7 Å². The van der Waals surface area contributed by atoms with Gasteiger partial charge in [0.15, 0.2) is 5.72 Å². The maximum Gasteiger partial charge on any atom is 0.351 e. The number of nitrogens with one attached hydrogen (secondary N) is 1. The molecule has 3 rings (SSSR count). The van der Waals surface area contributed by atoms with Gasteiger partial charge < -0.3 is 15.2 Å². The second-order valence-corrected chi connectivity index (χ2v) is 8.98. The molecule has 0 radical (unpaired) electrons. The molecule has 0 atom stereocenters. The molecule has 0 bridgehead atoms. The van der Waals surface area contributed by atoms with Crippen molar-refractivity contribution < 1.29 is 14.6 Å². The largest absolute Gasteiger partial charge is 0.441 e. The molecule has 1 aliphatic carbocycles. The van der Waals surface area contributed by atoms with Crippen LogP contribution in [0.15, 0.2) is 35.0 Å². The number of carbonyl (C=O) groups excluding carboxylic acids is 1. The minimum Gasteiger partial charge on any atom is -0.441 e. The summed E-state index contributed by atoms with van der Waals surface area (Å²) < 4.78 is 6.17. The number of ether oxygens (including phenoxy) is 1. The number of esters is 1. The number of thiophene rings is 2. The standard InChI is InChI=1S/C20H28N2O3S2/c1-21-12-13-22(2)19(10-4-3-5-11-19)25-18(23)20(24,16-8-6-14-26-16)17-9-7-15-27-17/h6-9,14-15,21,24H,3-5,10-13H2,1-2H3. The third kappa shape index (κ3) is 4.12. The van der Waals surface area contributed by atoms with E-state index >= 15 is 0 Å². The van der Waals surface area contributed by atoms with Gasteiger partial charge in [-0.1, -0.05) is 18.6 Å². The van der Waals surface area contributed by atoms with E-state index in [2.05, 4.69) is 10.2 Å². The fraction of sp³-hybridized carbons (Fsp3) is 0.550. The van der Waals surface area contributed by atoms with Crippen LogP contribution < -0.4 is 5.32 Å². The molecule has 1 saturated carbocycles. The molecule has 27 heavy (non-hydrogen) atoms. The van der Waals surface area contributed by atoms with Crippen molar-refractivity contribution in [3.8, 4) is 0 Å². The summed E-state index contributed by atoms with van der Waals surface area (Å²) >= 11 is 2.74. The molecule has 5 nitrogen and oxygen atoms in total. The lowest BCUT2D eigenvalue weighted by atomic mass is 9.89. The molecule has 2 aromatic rings. The number of nitrogens with zero attached hydrogens (tertiary/aromatic N) is 1. The predicted molar refractivity (Wildman–Crippen MR) is 110 cm³/mol. The van der Waals surface area contributed by atoms with Crippen LogP contribution in [0.4, 0.5) is 0 Å². The van der Waals surface area contributed by atoms with Crippen molar-refractivity contribution in [2.75, 3.05) is 27.2 Å². The van der Waals surface area contributed by atoms with Gasteiger partial charge in [0.2, 0.25) is 5.60 Å². The Morgan fingerprint density at radius 1 is 1.22 bits per heavy atom. The van der Waals surface area contributed by atoms with E-state index in [0.29, 0.717) is 9.75 Å². The van der Waals surface area contributed by atoms with E-state index in [0.717, 1.165) is 45.2 Å². The molecule has 0 aliphatic heterocycles. The summed E-state index contributed by atoms with van der Waals surface area (Å²) in [5.41, 5.74) is -2.41. The fourth-order valence-electron chi connectivity index (χ4n) is 3.69. The maximum absolute atomic E-state index is 13.4. The van der Waals surface area contributed by atoms with Gasteiger partial charge in [-0.2, -0.15) is 0 Å². The van der Waals surface area contributed by atoms with E-state index < -0.39 is 17.3 Å². The van der Waals surface area contributed by atoms with Crippen LogP contribution in [-0.4, -0.2) is 48.9 Å². The zero-order chi connectivity index (χ0) is 19.3. The summed E-state index contributed by atoms with van der Waals surface area (Å²) in [6.07, 6.45) is 4.79. The maximum atomic E-state index is 13.4. The highest BCUT2D eigenvalue weighted by atomic mass is 32.1. The number of likely N-dealkylation sites (N-methyl/N-ethyl adjacent to an activating group) is 2. The van der Waals surface area contributed by atoms with Crippen LogP contribution in [0.3, 0.4) is 0 Å². The third-order valence-corrected chi connectivity index (χ3v) is 7.32. The van der Waals surface area contributed by atoms with E-state index in [1.807, 2.05) is 37.0 Å². The number of rotatable bonds is 8. The Morgan fingerprint density at radius 2 is 1.81 bits per heavy atom. The molecule has 2 N–H and O–H groups in total. The second-order valence-electron chi connectivity index (χ2n) is 7.09. The molecule has 2 heterocycles. The molecule has 148 valence electrons. The van der Waals surface area contributed by atoms with Crippen LogP contribution >= 0.6 is 22.7 Å². The second kappa shape index (κ2) is 8.84. The molecule has 0 spiro atoms. The highest BCUT2D eigenvalue weighted by Gasteiger charge is 2.49. The Morgan fingerprint density at radius 3 is 2.30 bits per heavy atom. The van der Waals surface area contributed by atoms with E-state index in [1.54, 1.807) is 12.1 Å². The molecular formula is C20H28N2O3S2. The number of aliphatic hydroxyl groups is 1. The third-order valence-electron chi connectivity index (χ3n) is 5.36. The van der Waals surface area contributed by atoms with E-state index in [9.17, 15) is 9.90 Å². The van der Waals surface area contributed by atoms with Gasteiger partial charge in [-0.05, 0) is 49.8 Å². The van der Waals surface area contributed by atoms with Gasteiger partial charge in [0.1, 0.15) is 0 Å². The Balaban J connectivity index is 1.91. The van der Waals surface area contributed by atoms with Gasteiger partial charge in [-0.15, -0.1) is 22.7 Å². The Hall–Kier alpha value is -1.25. The van der Waals surface area contributed by atoms with Crippen LogP contribution in [0, 0.1) is 0 Å². The topological polar surface area (TPSA) is 61.8 Å². The molecule has 1 aliphatic rings. The first-order valence-corrected chi connectivity index (χ1v) is 11.2. The summed E-state index contributed by atoms with van der Waals surface area (Å²) in [6, 6.07) is 7.29. The summed E-state index contributed by atoms with van der Waals surface area (Å²) in [4.78, 5) is 16.7. The average molecular weight is 409 g/mol. The monoisotopic (exact) mass is 408 g/mol. The van der Waals surface area contributed by atoms with Gasteiger partial charge in [0.25, 0.3) is 0 Å². The highest BCUT2D eigenvalue weighted by molar-refractivity contribution is 7.12. The normalized spacial score (nSPS) is 17.2. The minimum atomic E-state index is -1.75. The highest BCUT2D eigenvalue weighted by Crippen LogP contribution is 2.41. The first-order chi connectivity index (χ1) is 13.0. The molecule has 0 unspecified atom stereocenters. The SMILES string of the molecule is CNCCN(C)C1(OC(=O)C(O)(c2cccs2)c2cccs2)CCCCC1.